The molecule has 0 heterocycles. The predicted molar refractivity (Wildman–Crippen MR) is 92.8 cm³/mol. The second-order valence-electron chi connectivity index (χ2n) is 7.51. The van der Waals surface area contributed by atoms with Crippen LogP contribution in [0.5, 0.6) is 0 Å². The first-order valence-electron chi connectivity index (χ1n) is 9.71. The fourth-order valence-electron chi connectivity index (χ4n) is 4.57. The Morgan fingerprint density at radius 3 is 2.29 bits per heavy atom. The van der Waals surface area contributed by atoms with E-state index in [0.717, 1.165) is 24.0 Å². The zero-order valence-electron chi connectivity index (χ0n) is 14.7. The minimum Gasteiger partial charge on any atom is -0.312 e. The standard InChI is InChI=1S/C19H38N2/c1-4-15-20-18-9-7-6-8-10-19(18)21(3)17-13-11-16(5-2)12-14-17/h16-20H,4-15H2,1-3H3. The molecule has 2 rings (SSSR count). The van der Waals surface area contributed by atoms with Gasteiger partial charge < -0.3 is 5.32 Å². The maximum absolute atomic E-state index is 3.86. The molecule has 2 aliphatic carbocycles. The highest BCUT2D eigenvalue weighted by Crippen LogP contribution is 2.32. The molecule has 2 atom stereocenters. The highest BCUT2D eigenvalue weighted by atomic mass is 15.2. The Balaban J connectivity index is 1.91. The van der Waals surface area contributed by atoms with Gasteiger partial charge in [0.15, 0.2) is 0 Å². The smallest absolute Gasteiger partial charge is 0.0249 e. The van der Waals surface area contributed by atoms with E-state index in [-0.39, 0.29) is 0 Å². The lowest BCUT2D eigenvalue weighted by Crippen LogP contribution is -2.52. The van der Waals surface area contributed by atoms with Crippen LogP contribution in [0.1, 0.15) is 84.5 Å². The lowest BCUT2D eigenvalue weighted by molar-refractivity contribution is 0.0918. The first-order valence-corrected chi connectivity index (χ1v) is 9.71. The third-order valence-electron chi connectivity index (χ3n) is 6.13. The Hall–Kier alpha value is -0.0800. The van der Waals surface area contributed by atoms with Gasteiger partial charge in [-0.2, -0.15) is 0 Å². The fourth-order valence-corrected chi connectivity index (χ4v) is 4.57. The van der Waals surface area contributed by atoms with Crippen LogP contribution in [-0.4, -0.2) is 36.6 Å². The second-order valence-corrected chi connectivity index (χ2v) is 7.51. The molecule has 2 fully saturated rings. The van der Waals surface area contributed by atoms with Gasteiger partial charge in [-0.15, -0.1) is 0 Å². The average Bonchev–Trinajstić information content (AvgIpc) is 2.77. The molecule has 0 saturated heterocycles. The number of hydrogen-bond donors (Lipinski definition) is 1. The van der Waals surface area contributed by atoms with E-state index in [1.807, 2.05) is 0 Å². The normalized spacial score (nSPS) is 34.9. The van der Waals surface area contributed by atoms with Crippen molar-refractivity contribution in [2.75, 3.05) is 13.6 Å². The maximum Gasteiger partial charge on any atom is 0.0249 e. The molecule has 0 amide bonds. The molecule has 1 N–H and O–H groups in total. The van der Waals surface area contributed by atoms with Gasteiger partial charge in [-0.3, -0.25) is 4.90 Å². The molecule has 0 aromatic carbocycles. The van der Waals surface area contributed by atoms with E-state index in [4.69, 9.17) is 0 Å². The molecule has 0 aromatic rings. The topological polar surface area (TPSA) is 15.3 Å². The van der Waals surface area contributed by atoms with Crippen molar-refractivity contribution in [3.8, 4) is 0 Å². The van der Waals surface area contributed by atoms with Gasteiger partial charge in [0.05, 0.1) is 0 Å². The summed E-state index contributed by atoms with van der Waals surface area (Å²) >= 11 is 0. The Kier molecular flexibility index (Phi) is 7.53. The van der Waals surface area contributed by atoms with Crippen LogP contribution in [0.25, 0.3) is 0 Å². The van der Waals surface area contributed by atoms with E-state index in [1.54, 1.807) is 0 Å². The molecule has 0 spiro atoms. The van der Waals surface area contributed by atoms with E-state index in [2.05, 4.69) is 31.1 Å². The molecular weight excluding hydrogens is 256 g/mol. The predicted octanol–water partition coefficient (Wildman–Crippen LogP) is 4.59. The highest BCUT2D eigenvalue weighted by Gasteiger charge is 2.32. The van der Waals surface area contributed by atoms with Crippen molar-refractivity contribution >= 4 is 0 Å². The number of nitrogens with zero attached hydrogens (tertiary/aromatic N) is 1. The van der Waals surface area contributed by atoms with Gasteiger partial charge in [0.25, 0.3) is 0 Å². The average molecular weight is 295 g/mol. The first-order chi connectivity index (χ1) is 10.3. The van der Waals surface area contributed by atoms with Crippen molar-refractivity contribution in [2.45, 2.75) is 103 Å². The van der Waals surface area contributed by atoms with E-state index in [1.165, 1.54) is 77.2 Å². The van der Waals surface area contributed by atoms with Gasteiger partial charge in [0.2, 0.25) is 0 Å². The zero-order chi connectivity index (χ0) is 15.1. The van der Waals surface area contributed by atoms with Crippen LogP contribution in [0, 0.1) is 5.92 Å². The van der Waals surface area contributed by atoms with Crippen molar-refractivity contribution in [1.29, 1.82) is 0 Å². The molecule has 2 unspecified atom stereocenters. The van der Waals surface area contributed by atoms with E-state index in [9.17, 15) is 0 Å². The highest BCUT2D eigenvalue weighted by molar-refractivity contribution is 4.90. The number of nitrogens with one attached hydrogen (secondary N) is 1. The van der Waals surface area contributed by atoms with Crippen LogP contribution < -0.4 is 5.32 Å². The third-order valence-corrected chi connectivity index (χ3v) is 6.13. The minimum absolute atomic E-state index is 0.737. The second kappa shape index (κ2) is 9.15. The zero-order valence-corrected chi connectivity index (χ0v) is 14.7. The first kappa shape index (κ1) is 17.3. The SMILES string of the molecule is CCCNC1CCCCCC1N(C)C1CCC(CC)CC1. The van der Waals surface area contributed by atoms with Gasteiger partial charge in [0.1, 0.15) is 0 Å². The summed E-state index contributed by atoms with van der Waals surface area (Å²) in [7, 11) is 2.42. The van der Waals surface area contributed by atoms with Crippen LogP contribution in [0.3, 0.4) is 0 Å². The molecule has 2 saturated carbocycles. The summed E-state index contributed by atoms with van der Waals surface area (Å²) in [5.74, 6) is 1.01. The molecule has 2 aliphatic rings. The summed E-state index contributed by atoms with van der Waals surface area (Å²) in [4.78, 5) is 2.78. The van der Waals surface area contributed by atoms with Gasteiger partial charge in [-0.1, -0.05) is 39.5 Å². The van der Waals surface area contributed by atoms with Crippen molar-refractivity contribution in [1.82, 2.24) is 10.2 Å². The molecule has 21 heavy (non-hydrogen) atoms. The van der Waals surface area contributed by atoms with Crippen molar-refractivity contribution in [3.63, 3.8) is 0 Å². The Labute approximate surface area is 133 Å². The number of likely N-dealkylation sites (N-methyl/N-ethyl adjacent to an activating group) is 1. The van der Waals surface area contributed by atoms with Crippen molar-refractivity contribution in [2.24, 2.45) is 5.92 Å². The Morgan fingerprint density at radius 2 is 1.62 bits per heavy atom. The Morgan fingerprint density at radius 1 is 0.905 bits per heavy atom. The van der Waals surface area contributed by atoms with E-state index >= 15 is 0 Å². The summed E-state index contributed by atoms with van der Waals surface area (Å²) in [6.07, 6.45) is 15.5. The van der Waals surface area contributed by atoms with Crippen LogP contribution >= 0.6 is 0 Å². The molecule has 0 aliphatic heterocycles. The molecule has 124 valence electrons. The van der Waals surface area contributed by atoms with Gasteiger partial charge >= 0.3 is 0 Å². The monoisotopic (exact) mass is 294 g/mol. The lowest BCUT2D eigenvalue weighted by Gasteiger charge is -2.42. The third kappa shape index (κ3) is 4.96. The molecule has 0 bridgehead atoms. The van der Waals surface area contributed by atoms with Gasteiger partial charge in [-0.05, 0) is 64.5 Å². The summed E-state index contributed by atoms with van der Waals surface area (Å²) in [6, 6.07) is 2.37. The van der Waals surface area contributed by atoms with Gasteiger partial charge in [0, 0.05) is 18.1 Å². The number of rotatable bonds is 6. The lowest BCUT2D eigenvalue weighted by atomic mass is 9.83. The largest absolute Gasteiger partial charge is 0.312 e. The minimum atomic E-state index is 0.737. The van der Waals surface area contributed by atoms with Crippen LogP contribution in [0.15, 0.2) is 0 Å². The molecule has 0 radical (unpaired) electrons. The van der Waals surface area contributed by atoms with E-state index in [0.29, 0.717) is 0 Å². The van der Waals surface area contributed by atoms with Gasteiger partial charge in [-0.25, -0.2) is 0 Å². The summed E-state index contributed by atoms with van der Waals surface area (Å²) < 4.78 is 0. The summed E-state index contributed by atoms with van der Waals surface area (Å²) in [6.45, 7) is 5.84. The van der Waals surface area contributed by atoms with Crippen LogP contribution in [0.2, 0.25) is 0 Å². The fraction of sp³-hybridized carbons (Fsp3) is 1.00. The number of hydrogen-bond acceptors (Lipinski definition) is 2. The summed E-state index contributed by atoms with van der Waals surface area (Å²) in [5, 5.41) is 3.86. The quantitative estimate of drug-likeness (QED) is 0.721. The molecule has 2 heteroatoms. The molecule has 2 nitrogen and oxygen atoms in total. The molecular formula is C19H38N2. The van der Waals surface area contributed by atoms with Crippen LogP contribution in [0.4, 0.5) is 0 Å². The van der Waals surface area contributed by atoms with E-state index < -0.39 is 0 Å². The van der Waals surface area contributed by atoms with Crippen LogP contribution in [-0.2, 0) is 0 Å². The van der Waals surface area contributed by atoms with Crippen molar-refractivity contribution < 1.29 is 0 Å². The summed E-state index contributed by atoms with van der Waals surface area (Å²) in [5.41, 5.74) is 0. The maximum atomic E-state index is 3.86. The van der Waals surface area contributed by atoms with Crippen molar-refractivity contribution in [3.05, 3.63) is 0 Å². The molecule has 0 aromatic heterocycles. The Bertz CT molecular complexity index is 271.